The van der Waals surface area contributed by atoms with Crippen molar-refractivity contribution in [2.75, 3.05) is 0 Å². The quantitative estimate of drug-likeness (QED) is 0.941. The first-order valence-electron chi connectivity index (χ1n) is 5.58. The average molecular weight is 294 g/mol. The normalized spacial score (nSPS) is 12.2. The maximum Gasteiger partial charge on any atom is 0.261 e. The maximum absolute atomic E-state index is 12.0. The highest BCUT2D eigenvalue weighted by molar-refractivity contribution is 7.89. The molecule has 0 aliphatic rings. The molecule has 98 valence electrons. The van der Waals surface area contributed by atoms with Gasteiger partial charge in [0, 0.05) is 6.20 Å². The lowest BCUT2D eigenvalue weighted by atomic mass is 10.2. The lowest BCUT2D eigenvalue weighted by Gasteiger charge is -2.04. The van der Waals surface area contributed by atoms with Crippen LogP contribution >= 0.6 is 11.6 Å². The van der Waals surface area contributed by atoms with Crippen molar-refractivity contribution in [3.63, 3.8) is 0 Å². The molecule has 2 rings (SSSR count). The Hall–Kier alpha value is -1.78. The van der Waals surface area contributed by atoms with Gasteiger partial charge in [-0.3, -0.25) is 4.72 Å². The van der Waals surface area contributed by atoms with E-state index in [4.69, 9.17) is 11.6 Å². The molecule has 2 aromatic carbocycles. The topological polar surface area (TPSA) is 46.2 Å². The van der Waals surface area contributed by atoms with Crippen LogP contribution in [0, 0.1) is 0 Å². The fourth-order valence-electron chi connectivity index (χ4n) is 1.48. The molecule has 0 unspecified atom stereocenters. The first kappa shape index (κ1) is 13.6. The summed E-state index contributed by atoms with van der Waals surface area (Å²) in [6, 6.07) is 17.3. The van der Waals surface area contributed by atoms with Crippen LogP contribution in [0.4, 0.5) is 0 Å². The number of hydrogen-bond acceptors (Lipinski definition) is 2. The van der Waals surface area contributed by atoms with Crippen LogP contribution in [0.3, 0.4) is 0 Å². The smallest absolute Gasteiger partial charge is 0.261 e. The van der Waals surface area contributed by atoms with Crippen molar-refractivity contribution >= 4 is 26.7 Å². The molecule has 0 heterocycles. The summed E-state index contributed by atoms with van der Waals surface area (Å²) in [5.41, 5.74) is 0.750. The number of nitrogens with one attached hydrogen (secondary N) is 1. The fraction of sp³-hybridized carbons (Fsp3) is 0. The van der Waals surface area contributed by atoms with Crippen LogP contribution in [-0.4, -0.2) is 8.42 Å². The molecule has 3 nitrogen and oxygen atoms in total. The van der Waals surface area contributed by atoms with Gasteiger partial charge in [0.1, 0.15) is 0 Å². The standard InChI is InChI=1S/C14H12ClNO2S/c15-14(12-7-3-1-4-8-12)11-16-19(17,18)13-9-5-2-6-10-13/h1-11,16H/b14-11-. The van der Waals surface area contributed by atoms with E-state index < -0.39 is 10.0 Å². The minimum atomic E-state index is -3.57. The summed E-state index contributed by atoms with van der Waals surface area (Å²) in [4.78, 5) is 0.198. The Morgan fingerprint density at radius 1 is 0.947 bits per heavy atom. The molecular weight excluding hydrogens is 282 g/mol. The summed E-state index contributed by atoms with van der Waals surface area (Å²) >= 11 is 6.03. The van der Waals surface area contributed by atoms with E-state index in [0.717, 1.165) is 5.56 Å². The van der Waals surface area contributed by atoms with Crippen molar-refractivity contribution in [2.24, 2.45) is 0 Å². The number of benzene rings is 2. The second-order valence-corrected chi connectivity index (χ2v) is 5.91. The highest BCUT2D eigenvalue weighted by Crippen LogP contribution is 2.17. The molecule has 0 atom stereocenters. The summed E-state index contributed by atoms with van der Waals surface area (Å²) < 4.78 is 26.3. The summed E-state index contributed by atoms with van der Waals surface area (Å²) in [7, 11) is -3.57. The molecule has 0 spiro atoms. The molecule has 19 heavy (non-hydrogen) atoms. The monoisotopic (exact) mass is 293 g/mol. The predicted octanol–water partition coefficient (Wildman–Crippen LogP) is 3.20. The van der Waals surface area contributed by atoms with Gasteiger partial charge in [-0.15, -0.1) is 0 Å². The molecule has 0 aliphatic heterocycles. The minimum absolute atomic E-state index is 0.198. The third-order valence-electron chi connectivity index (χ3n) is 2.44. The zero-order valence-corrected chi connectivity index (χ0v) is 11.5. The molecule has 1 N–H and O–H groups in total. The van der Waals surface area contributed by atoms with Crippen molar-refractivity contribution in [1.29, 1.82) is 0 Å². The van der Waals surface area contributed by atoms with E-state index in [1.807, 2.05) is 18.2 Å². The van der Waals surface area contributed by atoms with Crippen LogP contribution in [0.5, 0.6) is 0 Å². The van der Waals surface area contributed by atoms with Crippen molar-refractivity contribution in [2.45, 2.75) is 4.90 Å². The Morgan fingerprint density at radius 2 is 1.47 bits per heavy atom. The Morgan fingerprint density at radius 3 is 2.05 bits per heavy atom. The van der Waals surface area contributed by atoms with E-state index in [1.165, 1.54) is 18.3 Å². The summed E-state index contributed by atoms with van der Waals surface area (Å²) in [5.74, 6) is 0. The van der Waals surface area contributed by atoms with Crippen LogP contribution in [-0.2, 0) is 10.0 Å². The van der Waals surface area contributed by atoms with Gasteiger partial charge >= 0.3 is 0 Å². The first-order valence-corrected chi connectivity index (χ1v) is 7.44. The molecule has 0 amide bonds. The molecule has 2 aromatic rings. The van der Waals surface area contributed by atoms with Gasteiger partial charge in [-0.1, -0.05) is 60.1 Å². The van der Waals surface area contributed by atoms with Gasteiger partial charge < -0.3 is 0 Å². The van der Waals surface area contributed by atoms with Crippen LogP contribution in [0.1, 0.15) is 5.56 Å². The lowest BCUT2D eigenvalue weighted by molar-refractivity contribution is 0.590. The summed E-state index contributed by atoms with van der Waals surface area (Å²) in [6.45, 7) is 0. The maximum atomic E-state index is 12.0. The zero-order chi connectivity index (χ0) is 13.7. The largest absolute Gasteiger partial charge is 0.285 e. The molecular formula is C14H12ClNO2S. The van der Waals surface area contributed by atoms with E-state index in [1.54, 1.807) is 30.3 Å². The minimum Gasteiger partial charge on any atom is -0.285 e. The molecule has 0 saturated heterocycles. The van der Waals surface area contributed by atoms with Gasteiger partial charge in [0.25, 0.3) is 10.0 Å². The molecule has 0 radical (unpaired) electrons. The third-order valence-corrected chi connectivity index (χ3v) is 4.09. The molecule has 0 fully saturated rings. The second kappa shape index (κ2) is 5.91. The predicted molar refractivity (Wildman–Crippen MR) is 77.0 cm³/mol. The summed E-state index contributed by atoms with van der Waals surface area (Å²) in [5, 5.41) is 0.333. The van der Waals surface area contributed by atoms with E-state index in [2.05, 4.69) is 4.72 Å². The van der Waals surface area contributed by atoms with Gasteiger partial charge in [-0.25, -0.2) is 8.42 Å². The number of sulfonamides is 1. The highest BCUT2D eigenvalue weighted by atomic mass is 35.5. The van der Waals surface area contributed by atoms with E-state index in [0.29, 0.717) is 5.03 Å². The number of rotatable bonds is 4. The van der Waals surface area contributed by atoms with E-state index >= 15 is 0 Å². The van der Waals surface area contributed by atoms with Crippen LogP contribution < -0.4 is 4.72 Å². The van der Waals surface area contributed by atoms with Crippen molar-refractivity contribution in [1.82, 2.24) is 4.72 Å². The lowest BCUT2D eigenvalue weighted by Crippen LogP contribution is -2.17. The van der Waals surface area contributed by atoms with Crippen molar-refractivity contribution in [3.05, 3.63) is 72.4 Å². The first-order chi connectivity index (χ1) is 9.09. The van der Waals surface area contributed by atoms with Crippen molar-refractivity contribution < 1.29 is 8.42 Å². The Bertz CT molecular complexity index is 667. The molecule has 0 aliphatic carbocycles. The molecule has 0 bridgehead atoms. The van der Waals surface area contributed by atoms with Gasteiger partial charge in [0.05, 0.1) is 9.93 Å². The Balaban J connectivity index is 2.19. The number of halogens is 1. The SMILES string of the molecule is O=S(=O)(N/C=C(\Cl)c1ccccc1)c1ccccc1. The molecule has 0 saturated carbocycles. The van der Waals surface area contributed by atoms with Gasteiger partial charge in [-0.05, 0) is 17.7 Å². The van der Waals surface area contributed by atoms with Gasteiger partial charge in [-0.2, -0.15) is 0 Å². The number of hydrogen-bond donors (Lipinski definition) is 1. The van der Waals surface area contributed by atoms with Gasteiger partial charge in [0.2, 0.25) is 0 Å². The van der Waals surface area contributed by atoms with Crippen LogP contribution in [0.15, 0.2) is 71.8 Å². The highest BCUT2D eigenvalue weighted by Gasteiger charge is 2.11. The van der Waals surface area contributed by atoms with Crippen LogP contribution in [0.25, 0.3) is 5.03 Å². The third kappa shape index (κ3) is 3.59. The zero-order valence-electron chi connectivity index (χ0n) is 9.95. The van der Waals surface area contributed by atoms with Crippen molar-refractivity contribution in [3.8, 4) is 0 Å². The molecule has 0 aromatic heterocycles. The summed E-state index contributed by atoms with van der Waals surface area (Å²) in [6.07, 6.45) is 1.28. The van der Waals surface area contributed by atoms with Crippen LogP contribution in [0.2, 0.25) is 0 Å². The van der Waals surface area contributed by atoms with Gasteiger partial charge in [0.15, 0.2) is 0 Å². The Labute approximate surface area is 117 Å². The Kier molecular flexibility index (Phi) is 4.24. The fourth-order valence-corrected chi connectivity index (χ4v) is 2.65. The van der Waals surface area contributed by atoms with E-state index in [9.17, 15) is 8.42 Å². The average Bonchev–Trinajstić information content (AvgIpc) is 2.47. The second-order valence-electron chi connectivity index (χ2n) is 3.79. The molecule has 5 heteroatoms. The van der Waals surface area contributed by atoms with E-state index in [-0.39, 0.29) is 4.90 Å².